The molecule has 0 atom stereocenters. The number of carbonyl (C=O) groups excluding carboxylic acids is 1. The molecule has 2 aliphatic heterocycles. The molecule has 8 nitrogen and oxygen atoms in total. The molecule has 0 bridgehead atoms. The predicted molar refractivity (Wildman–Crippen MR) is 124 cm³/mol. The molecular formula is C20H16N4O4S3. The highest BCUT2D eigenvalue weighted by Crippen LogP contribution is 2.31. The summed E-state index contributed by atoms with van der Waals surface area (Å²) < 4.78 is 34.2. The summed E-state index contributed by atoms with van der Waals surface area (Å²) in [4.78, 5) is 18.0. The third kappa shape index (κ3) is 4.29. The van der Waals surface area contributed by atoms with Crippen LogP contribution >= 0.6 is 23.7 Å². The van der Waals surface area contributed by atoms with Crippen LogP contribution in [0.3, 0.4) is 0 Å². The Hall–Kier alpha value is -2.89. The maximum Gasteiger partial charge on any atom is 0.339 e. The first-order chi connectivity index (χ1) is 14.8. The molecule has 2 aliphatic rings. The number of benzene rings is 2. The van der Waals surface area contributed by atoms with E-state index in [4.69, 9.17) is 9.59 Å². The molecule has 4 rings (SSSR count). The van der Waals surface area contributed by atoms with Crippen molar-refractivity contribution in [3.8, 4) is 5.75 Å². The van der Waals surface area contributed by atoms with E-state index in [9.17, 15) is 13.2 Å². The fourth-order valence-corrected chi connectivity index (χ4v) is 5.18. The Balaban J connectivity index is 1.55. The Kier molecular flexibility index (Phi) is 5.73. The van der Waals surface area contributed by atoms with Gasteiger partial charge in [0.25, 0.3) is 5.91 Å². The average Bonchev–Trinajstić information content (AvgIpc) is 3.15. The first-order valence-electron chi connectivity index (χ1n) is 8.92. The van der Waals surface area contributed by atoms with Gasteiger partial charge in [-0.1, -0.05) is 41.6 Å². The summed E-state index contributed by atoms with van der Waals surface area (Å²) in [6.07, 6.45) is 3.36. The molecule has 0 aliphatic carbocycles. The van der Waals surface area contributed by atoms with Gasteiger partial charge >= 0.3 is 10.1 Å². The first-order valence-corrected chi connectivity index (χ1v) is 12.3. The molecule has 11 heteroatoms. The molecule has 31 heavy (non-hydrogen) atoms. The molecule has 1 N–H and O–H groups in total. The van der Waals surface area contributed by atoms with E-state index in [-0.39, 0.29) is 22.1 Å². The summed E-state index contributed by atoms with van der Waals surface area (Å²) in [5.41, 5.74) is 1.66. The first kappa shape index (κ1) is 21.3. The van der Waals surface area contributed by atoms with Crippen molar-refractivity contribution in [1.29, 1.82) is 5.41 Å². The zero-order chi connectivity index (χ0) is 22.2. The maximum absolute atomic E-state index is 12.4. The van der Waals surface area contributed by atoms with Crippen LogP contribution < -0.4 is 4.18 Å². The van der Waals surface area contributed by atoms with E-state index < -0.39 is 16.0 Å². The van der Waals surface area contributed by atoms with E-state index in [0.717, 1.165) is 17.5 Å². The molecule has 0 unspecified atom stereocenters. The Morgan fingerprint density at radius 3 is 2.45 bits per heavy atom. The number of aryl methyl sites for hydroxylation is 1. The third-order valence-electron chi connectivity index (χ3n) is 4.38. The molecule has 0 radical (unpaired) electrons. The van der Waals surface area contributed by atoms with Gasteiger partial charge in [-0.3, -0.25) is 10.2 Å². The molecule has 0 fully saturated rings. The fourth-order valence-electron chi connectivity index (χ4n) is 2.80. The number of aliphatic imine (C=N–C) groups is 1. The second-order valence-corrected chi connectivity index (χ2v) is 9.58. The number of amidine groups is 3. The van der Waals surface area contributed by atoms with Crippen molar-refractivity contribution in [3.05, 3.63) is 65.2 Å². The van der Waals surface area contributed by atoms with Crippen LogP contribution in [-0.2, 0) is 14.9 Å². The average molecular weight is 473 g/mol. The lowest BCUT2D eigenvalue weighted by Crippen LogP contribution is -2.41. The minimum atomic E-state index is -3.95. The van der Waals surface area contributed by atoms with Crippen molar-refractivity contribution in [3.63, 3.8) is 0 Å². The standard InChI is InChI=1S/C20H16N4O4S3/c1-12-3-9-15(10-4-12)31(26,27)28-14-7-5-13(6-8-14)11-16-17(21)24-19(22-18(16)25)30-23-20(24)29-2/h3-11,21H,1-2H3/b16-11-,21-17?. The quantitative estimate of drug-likeness (QED) is 0.410. The summed E-state index contributed by atoms with van der Waals surface area (Å²) in [6.45, 7) is 1.87. The zero-order valence-corrected chi connectivity index (χ0v) is 18.8. The number of hydrogen-bond acceptors (Lipinski definition) is 8. The van der Waals surface area contributed by atoms with Gasteiger partial charge < -0.3 is 4.18 Å². The SMILES string of the molecule is CSC1=NSC2=NC(=O)/C(=C\c3ccc(OS(=O)(=O)c4ccc(C)cc4)cc3)C(=N)N12. The summed E-state index contributed by atoms with van der Waals surface area (Å²) in [7, 11) is -3.95. The second kappa shape index (κ2) is 8.33. The normalized spacial score (nSPS) is 17.5. The van der Waals surface area contributed by atoms with Gasteiger partial charge in [0, 0.05) is 0 Å². The van der Waals surface area contributed by atoms with Gasteiger partial charge in [-0.2, -0.15) is 17.8 Å². The van der Waals surface area contributed by atoms with E-state index in [1.807, 2.05) is 13.2 Å². The highest BCUT2D eigenvalue weighted by atomic mass is 32.2. The van der Waals surface area contributed by atoms with Gasteiger partial charge in [-0.25, -0.2) is 4.90 Å². The number of nitrogens with one attached hydrogen (secondary N) is 1. The number of fused-ring (bicyclic) bond motifs is 1. The number of amides is 1. The molecule has 2 heterocycles. The summed E-state index contributed by atoms with van der Waals surface area (Å²) in [5.74, 6) is -0.389. The molecule has 0 aromatic heterocycles. The van der Waals surface area contributed by atoms with Crippen LogP contribution in [-0.4, -0.2) is 41.7 Å². The molecular weight excluding hydrogens is 456 g/mol. The third-order valence-corrected chi connectivity index (χ3v) is 7.10. The lowest BCUT2D eigenvalue weighted by molar-refractivity contribution is -0.114. The molecule has 0 saturated heterocycles. The lowest BCUT2D eigenvalue weighted by atomic mass is 10.1. The summed E-state index contributed by atoms with van der Waals surface area (Å²) in [6, 6.07) is 12.6. The van der Waals surface area contributed by atoms with Crippen LogP contribution in [0, 0.1) is 12.3 Å². The topological polar surface area (TPSA) is 112 Å². The molecule has 2 aromatic carbocycles. The van der Waals surface area contributed by atoms with Crippen LogP contribution in [0.1, 0.15) is 11.1 Å². The zero-order valence-electron chi connectivity index (χ0n) is 16.4. The molecule has 158 valence electrons. The molecule has 1 amide bonds. The van der Waals surface area contributed by atoms with Crippen molar-refractivity contribution >= 4 is 62.0 Å². The van der Waals surface area contributed by atoms with Crippen molar-refractivity contribution in [2.24, 2.45) is 9.39 Å². The number of carbonyl (C=O) groups is 1. The van der Waals surface area contributed by atoms with E-state index in [1.54, 1.807) is 24.3 Å². The van der Waals surface area contributed by atoms with Crippen LogP contribution in [0.4, 0.5) is 0 Å². The van der Waals surface area contributed by atoms with Gasteiger partial charge in [0.1, 0.15) is 16.5 Å². The van der Waals surface area contributed by atoms with Crippen LogP contribution in [0.25, 0.3) is 6.08 Å². The number of rotatable bonds is 4. The molecule has 0 spiro atoms. The summed E-state index contributed by atoms with van der Waals surface area (Å²) >= 11 is 2.42. The largest absolute Gasteiger partial charge is 0.379 e. The summed E-state index contributed by atoms with van der Waals surface area (Å²) in [5, 5.41) is 9.35. The minimum absolute atomic E-state index is 0.00428. The maximum atomic E-state index is 12.4. The van der Waals surface area contributed by atoms with E-state index >= 15 is 0 Å². The fraction of sp³-hybridized carbons (Fsp3) is 0.100. The predicted octanol–water partition coefficient (Wildman–Crippen LogP) is 3.70. The van der Waals surface area contributed by atoms with Crippen LogP contribution in [0.5, 0.6) is 5.75 Å². The Labute approximate surface area is 187 Å². The van der Waals surface area contributed by atoms with Gasteiger partial charge in [0.15, 0.2) is 5.17 Å². The Morgan fingerprint density at radius 2 is 1.81 bits per heavy atom. The molecule has 2 aromatic rings. The van der Waals surface area contributed by atoms with Gasteiger partial charge in [0.2, 0.25) is 5.17 Å². The van der Waals surface area contributed by atoms with Crippen LogP contribution in [0.2, 0.25) is 0 Å². The van der Waals surface area contributed by atoms with E-state index in [1.165, 1.54) is 47.0 Å². The number of hydrogen-bond donors (Lipinski definition) is 1. The Bertz CT molecular complexity index is 1260. The van der Waals surface area contributed by atoms with E-state index in [2.05, 4.69) is 9.39 Å². The Morgan fingerprint density at radius 1 is 1.13 bits per heavy atom. The van der Waals surface area contributed by atoms with E-state index in [0.29, 0.717) is 15.9 Å². The highest BCUT2D eigenvalue weighted by molar-refractivity contribution is 8.18. The van der Waals surface area contributed by atoms with Crippen molar-refractivity contribution in [2.45, 2.75) is 11.8 Å². The lowest BCUT2D eigenvalue weighted by Gasteiger charge is -2.23. The van der Waals surface area contributed by atoms with Crippen molar-refractivity contribution in [2.75, 3.05) is 6.26 Å². The molecule has 0 saturated carbocycles. The number of thioether (sulfide) groups is 1. The van der Waals surface area contributed by atoms with Crippen LogP contribution in [0.15, 0.2) is 68.4 Å². The minimum Gasteiger partial charge on any atom is -0.379 e. The smallest absolute Gasteiger partial charge is 0.339 e. The second-order valence-electron chi connectivity index (χ2n) is 6.53. The van der Waals surface area contributed by atoms with Gasteiger partial charge in [-0.15, -0.1) is 0 Å². The van der Waals surface area contributed by atoms with Crippen molar-refractivity contribution < 1.29 is 17.4 Å². The van der Waals surface area contributed by atoms with Gasteiger partial charge in [-0.05, 0) is 49.1 Å². The number of nitrogens with zero attached hydrogens (tertiary/aromatic N) is 3. The van der Waals surface area contributed by atoms with Gasteiger partial charge in [0.05, 0.1) is 17.5 Å². The monoisotopic (exact) mass is 472 g/mol. The van der Waals surface area contributed by atoms with Crippen molar-refractivity contribution in [1.82, 2.24) is 4.90 Å². The highest BCUT2D eigenvalue weighted by Gasteiger charge is 2.36.